The van der Waals surface area contributed by atoms with Crippen LogP contribution in [0.25, 0.3) is 0 Å². The Hall–Kier alpha value is -1.16. The Labute approximate surface area is 101 Å². The van der Waals surface area contributed by atoms with Gasteiger partial charge < -0.3 is 11.1 Å². The van der Waals surface area contributed by atoms with E-state index >= 15 is 0 Å². The predicted molar refractivity (Wildman–Crippen MR) is 70.1 cm³/mol. The van der Waals surface area contributed by atoms with Gasteiger partial charge in [-0.25, -0.2) is 0 Å². The number of nitrogens with zero attached hydrogens (tertiary/aromatic N) is 1. The van der Waals surface area contributed by atoms with E-state index in [4.69, 9.17) is 5.73 Å². The molecular weight excluding hydrogens is 218 g/mol. The summed E-state index contributed by atoms with van der Waals surface area (Å²) in [6, 6.07) is 8.57. The molecule has 1 aromatic rings. The minimum Gasteiger partial charge on any atom is -0.370 e. The predicted octanol–water partition coefficient (Wildman–Crippen LogP) is 1.80. The molecule has 0 amide bonds. The molecule has 0 radical (unpaired) electrons. The third kappa shape index (κ3) is 2.50. The van der Waals surface area contributed by atoms with Crippen molar-refractivity contribution in [1.29, 1.82) is 0 Å². The number of hydrogen-bond donors (Lipinski definition) is 2. The fraction of sp³-hybridized carbons (Fsp3) is 0.417. The minimum absolute atomic E-state index is 0.447. The van der Waals surface area contributed by atoms with Crippen LogP contribution in [0.15, 0.2) is 34.2 Å². The largest absolute Gasteiger partial charge is 0.370 e. The molecule has 2 rings (SSSR count). The van der Waals surface area contributed by atoms with Crippen LogP contribution in [-0.4, -0.2) is 24.8 Å². The highest BCUT2D eigenvalue weighted by atomic mass is 32.2. The van der Waals surface area contributed by atoms with Crippen molar-refractivity contribution in [2.75, 3.05) is 18.8 Å². The molecule has 4 heteroatoms. The molecule has 0 aromatic heterocycles. The van der Waals surface area contributed by atoms with Crippen LogP contribution in [0.1, 0.15) is 18.4 Å². The van der Waals surface area contributed by atoms with Gasteiger partial charge in [-0.3, -0.25) is 4.99 Å². The molecule has 1 heterocycles. The number of nitrogens with one attached hydrogen (secondary N) is 1. The van der Waals surface area contributed by atoms with E-state index in [1.165, 1.54) is 10.5 Å². The molecule has 1 aromatic carbocycles. The highest BCUT2D eigenvalue weighted by Crippen LogP contribution is 2.29. The molecule has 1 aliphatic rings. The summed E-state index contributed by atoms with van der Waals surface area (Å²) >= 11 is 1.89. The Morgan fingerprint density at radius 3 is 3.00 bits per heavy atom. The topological polar surface area (TPSA) is 50.4 Å². The van der Waals surface area contributed by atoms with E-state index in [0.29, 0.717) is 11.9 Å². The molecule has 0 fully saturated rings. The maximum absolute atomic E-state index is 5.61. The molecule has 0 aliphatic carbocycles. The fourth-order valence-electron chi connectivity index (χ4n) is 1.87. The van der Waals surface area contributed by atoms with Crippen LogP contribution in [0.5, 0.6) is 0 Å². The molecule has 16 heavy (non-hydrogen) atoms. The second kappa shape index (κ2) is 5.25. The van der Waals surface area contributed by atoms with Crippen LogP contribution in [0.3, 0.4) is 0 Å². The lowest BCUT2D eigenvalue weighted by atomic mass is 9.98. The average Bonchev–Trinajstić information content (AvgIpc) is 2.32. The second-order valence-corrected chi connectivity index (χ2v) is 5.08. The zero-order chi connectivity index (χ0) is 11.4. The fourth-order valence-corrected chi connectivity index (χ4v) is 2.76. The Bertz CT molecular complexity index is 390. The van der Waals surface area contributed by atoms with E-state index in [1.807, 2.05) is 11.8 Å². The van der Waals surface area contributed by atoms with Gasteiger partial charge in [0.2, 0.25) is 0 Å². The third-order valence-corrected chi connectivity index (χ3v) is 3.64. The summed E-state index contributed by atoms with van der Waals surface area (Å²) in [6.07, 6.45) is 0. The van der Waals surface area contributed by atoms with E-state index in [2.05, 4.69) is 41.5 Å². The second-order valence-electron chi connectivity index (χ2n) is 3.77. The lowest BCUT2D eigenvalue weighted by Crippen LogP contribution is -2.39. The summed E-state index contributed by atoms with van der Waals surface area (Å²) in [5.74, 6) is 2.11. The van der Waals surface area contributed by atoms with Crippen molar-refractivity contribution >= 4 is 17.7 Å². The van der Waals surface area contributed by atoms with Crippen molar-refractivity contribution < 1.29 is 0 Å². The summed E-state index contributed by atoms with van der Waals surface area (Å²) in [6.45, 7) is 3.85. The van der Waals surface area contributed by atoms with Gasteiger partial charge in [-0.1, -0.05) is 25.1 Å². The molecule has 0 saturated heterocycles. The standard InChI is InChI=1S/C12H17N3S/c1-2-16-11-6-4-3-5-10(11)9-7-14-12(13)15-8-9/h3-6,9H,2,7-8H2,1H3,(H3,13,14,15). The third-order valence-electron chi connectivity index (χ3n) is 2.67. The van der Waals surface area contributed by atoms with Crippen molar-refractivity contribution in [1.82, 2.24) is 5.32 Å². The van der Waals surface area contributed by atoms with Gasteiger partial charge in [-0.2, -0.15) is 0 Å². The maximum atomic E-state index is 5.61. The van der Waals surface area contributed by atoms with Crippen molar-refractivity contribution in [3.05, 3.63) is 29.8 Å². The van der Waals surface area contributed by atoms with Crippen LogP contribution in [0, 0.1) is 0 Å². The number of rotatable bonds is 3. The Balaban J connectivity index is 2.19. The highest BCUT2D eigenvalue weighted by molar-refractivity contribution is 7.99. The molecule has 3 N–H and O–H groups in total. The summed E-state index contributed by atoms with van der Waals surface area (Å²) in [5, 5.41) is 3.12. The van der Waals surface area contributed by atoms with Gasteiger partial charge in [-0.05, 0) is 17.4 Å². The Morgan fingerprint density at radius 2 is 2.31 bits per heavy atom. The van der Waals surface area contributed by atoms with E-state index in [-0.39, 0.29) is 0 Å². The first kappa shape index (κ1) is 11.3. The number of aliphatic imine (C=N–C) groups is 1. The van der Waals surface area contributed by atoms with Crippen molar-refractivity contribution in [2.24, 2.45) is 10.7 Å². The molecule has 1 aliphatic heterocycles. The first-order valence-corrected chi connectivity index (χ1v) is 6.55. The lowest BCUT2D eigenvalue weighted by Gasteiger charge is -2.23. The molecule has 86 valence electrons. The minimum atomic E-state index is 0.447. The number of thioether (sulfide) groups is 1. The number of hydrogen-bond acceptors (Lipinski definition) is 4. The summed E-state index contributed by atoms with van der Waals surface area (Å²) in [5.41, 5.74) is 6.99. The van der Waals surface area contributed by atoms with E-state index in [9.17, 15) is 0 Å². The molecule has 3 nitrogen and oxygen atoms in total. The SMILES string of the molecule is CCSc1ccccc1C1CN=C(N)NC1. The molecule has 0 bridgehead atoms. The summed E-state index contributed by atoms with van der Waals surface area (Å²) < 4.78 is 0. The Morgan fingerprint density at radius 1 is 1.50 bits per heavy atom. The number of benzene rings is 1. The molecule has 1 atom stereocenters. The van der Waals surface area contributed by atoms with Crippen molar-refractivity contribution in [3.63, 3.8) is 0 Å². The average molecular weight is 235 g/mol. The van der Waals surface area contributed by atoms with Gasteiger partial charge in [0.1, 0.15) is 0 Å². The zero-order valence-electron chi connectivity index (χ0n) is 9.44. The summed E-state index contributed by atoms with van der Waals surface area (Å²) in [4.78, 5) is 5.63. The Kier molecular flexibility index (Phi) is 3.72. The molecule has 0 saturated carbocycles. The molecule has 1 unspecified atom stereocenters. The first-order valence-electron chi connectivity index (χ1n) is 5.56. The number of nitrogens with two attached hydrogens (primary N) is 1. The van der Waals surface area contributed by atoms with Crippen molar-refractivity contribution in [3.8, 4) is 0 Å². The smallest absolute Gasteiger partial charge is 0.188 e. The molecule has 0 spiro atoms. The lowest BCUT2D eigenvalue weighted by molar-refractivity contribution is 0.626. The van der Waals surface area contributed by atoms with Crippen LogP contribution >= 0.6 is 11.8 Å². The normalized spacial score (nSPS) is 20.1. The van der Waals surface area contributed by atoms with E-state index < -0.39 is 0 Å². The number of guanidine groups is 1. The zero-order valence-corrected chi connectivity index (χ0v) is 10.3. The van der Waals surface area contributed by atoms with Crippen LogP contribution in [-0.2, 0) is 0 Å². The van der Waals surface area contributed by atoms with Gasteiger partial charge in [0.05, 0.1) is 6.54 Å². The van der Waals surface area contributed by atoms with Gasteiger partial charge in [-0.15, -0.1) is 11.8 Å². The van der Waals surface area contributed by atoms with E-state index in [0.717, 1.165) is 18.8 Å². The van der Waals surface area contributed by atoms with Gasteiger partial charge >= 0.3 is 0 Å². The van der Waals surface area contributed by atoms with Gasteiger partial charge in [0.15, 0.2) is 5.96 Å². The highest BCUT2D eigenvalue weighted by Gasteiger charge is 2.18. The van der Waals surface area contributed by atoms with Gasteiger partial charge in [0.25, 0.3) is 0 Å². The quantitative estimate of drug-likeness (QED) is 0.785. The maximum Gasteiger partial charge on any atom is 0.188 e. The van der Waals surface area contributed by atoms with Crippen LogP contribution in [0.4, 0.5) is 0 Å². The van der Waals surface area contributed by atoms with Crippen LogP contribution < -0.4 is 11.1 Å². The van der Waals surface area contributed by atoms with Crippen LogP contribution in [0.2, 0.25) is 0 Å². The van der Waals surface area contributed by atoms with Gasteiger partial charge in [0, 0.05) is 17.4 Å². The van der Waals surface area contributed by atoms with Crippen molar-refractivity contribution in [2.45, 2.75) is 17.7 Å². The summed E-state index contributed by atoms with van der Waals surface area (Å²) in [7, 11) is 0. The monoisotopic (exact) mass is 235 g/mol. The van der Waals surface area contributed by atoms with E-state index in [1.54, 1.807) is 0 Å². The molecular formula is C12H17N3S. The first-order chi connectivity index (χ1) is 7.81.